The molecule has 1 N–H and O–H groups in total. The van der Waals surface area contributed by atoms with Crippen molar-refractivity contribution in [3.8, 4) is 0 Å². The Morgan fingerprint density at radius 2 is 1.85 bits per heavy atom. The monoisotopic (exact) mass is 353 g/mol. The number of halogens is 2. The van der Waals surface area contributed by atoms with E-state index in [0.717, 1.165) is 12.8 Å². The molecule has 132 valence electrons. The standard InChI is InChI=1S/C20H17F2N3O/c1-12-17-9-8-16(22)11-18(17)23-20(14-4-5-14)25(12)24-19(26)10-13-2-6-15(21)7-3-13/h2-3,6-9,11,14H,1,4-5,10H2,(H,24,26). The summed E-state index contributed by atoms with van der Waals surface area (Å²) in [5.41, 5.74) is 5.31. The number of benzene rings is 2. The maximum absolute atomic E-state index is 13.5. The van der Waals surface area contributed by atoms with Crippen molar-refractivity contribution in [2.45, 2.75) is 19.3 Å². The second-order valence-corrected chi connectivity index (χ2v) is 6.53. The molecular formula is C20H17F2N3O. The minimum atomic E-state index is -0.357. The molecule has 2 aromatic rings. The van der Waals surface area contributed by atoms with Gasteiger partial charge in [0.15, 0.2) is 0 Å². The maximum Gasteiger partial charge on any atom is 0.243 e. The number of aliphatic imine (C=N–C) groups is 1. The second kappa shape index (κ2) is 6.37. The minimum Gasteiger partial charge on any atom is -0.273 e. The zero-order valence-electron chi connectivity index (χ0n) is 14.0. The van der Waals surface area contributed by atoms with Crippen LogP contribution in [0.15, 0.2) is 54.0 Å². The molecule has 0 saturated heterocycles. The Morgan fingerprint density at radius 3 is 2.54 bits per heavy atom. The van der Waals surface area contributed by atoms with Crippen LogP contribution in [0.2, 0.25) is 0 Å². The van der Waals surface area contributed by atoms with E-state index in [1.54, 1.807) is 23.2 Å². The lowest BCUT2D eigenvalue weighted by Gasteiger charge is -2.32. The maximum atomic E-state index is 13.5. The van der Waals surface area contributed by atoms with Gasteiger partial charge in [0.25, 0.3) is 0 Å². The Bertz CT molecular complexity index is 917. The molecule has 0 unspecified atom stereocenters. The average Bonchev–Trinajstić information content (AvgIpc) is 3.44. The molecule has 1 heterocycles. The molecule has 1 saturated carbocycles. The van der Waals surface area contributed by atoms with Gasteiger partial charge in [-0.3, -0.25) is 10.2 Å². The van der Waals surface area contributed by atoms with Crippen molar-refractivity contribution in [1.29, 1.82) is 0 Å². The second-order valence-electron chi connectivity index (χ2n) is 6.53. The van der Waals surface area contributed by atoms with Gasteiger partial charge in [0.1, 0.15) is 17.5 Å². The fraction of sp³-hybridized carbons (Fsp3) is 0.200. The smallest absolute Gasteiger partial charge is 0.243 e. The van der Waals surface area contributed by atoms with E-state index in [2.05, 4.69) is 17.0 Å². The van der Waals surface area contributed by atoms with Crippen LogP contribution < -0.4 is 5.43 Å². The first-order valence-electron chi connectivity index (χ1n) is 8.43. The van der Waals surface area contributed by atoms with E-state index >= 15 is 0 Å². The van der Waals surface area contributed by atoms with E-state index in [0.29, 0.717) is 28.3 Å². The van der Waals surface area contributed by atoms with Crippen LogP contribution in [0.25, 0.3) is 5.70 Å². The summed E-state index contributed by atoms with van der Waals surface area (Å²) in [6, 6.07) is 10.1. The molecular weight excluding hydrogens is 336 g/mol. The molecule has 1 aliphatic carbocycles. The number of amidine groups is 1. The lowest BCUT2D eigenvalue weighted by Crippen LogP contribution is -2.47. The number of hydrogen-bond acceptors (Lipinski definition) is 3. The topological polar surface area (TPSA) is 44.7 Å². The fourth-order valence-corrected chi connectivity index (χ4v) is 2.97. The van der Waals surface area contributed by atoms with Crippen LogP contribution in [-0.2, 0) is 11.2 Å². The van der Waals surface area contributed by atoms with Gasteiger partial charge in [-0.15, -0.1) is 0 Å². The van der Waals surface area contributed by atoms with Crippen molar-refractivity contribution in [2.75, 3.05) is 0 Å². The van der Waals surface area contributed by atoms with Crippen LogP contribution in [0.5, 0.6) is 0 Å². The summed E-state index contributed by atoms with van der Waals surface area (Å²) < 4.78 is 26.5. The molecule has 0 spiro atoms. The summed E-state index contributed by atoms with van der Waals surface area (Å²) in [5.74, 6) is -0.0404. The van der Waals surface area contributed by atoms with Gasteiger partial charge < -0.3 is 0 Å². The molecule has 0 atom stereocenters. The van der Waals surface area contributed by atoms with E-state index < -0.39 is 0 Å². The SMILES string of the molecule is C=C1c2ccc(F)cc2N=C(C2CC2)N1NC(=O)Cc1ccc(F)cc1. The van der Waals surface area contributed by atoms with Gasteiger partial charge in [-0.05, 0) is 42.7 Å². The zero-order valence-corrected chi connectivity index (χ0v) is 14.0. The van der Waals surface area contributed by atoms with E-state index in [1.807, 2.05) is 0 Å². The highest BCUT2D eigenvalue weighted by Crippen LogP contribution is 2.40. The number of fused-ring (bicyclic) bond motifs is 1. The molecule has 0 radical (unpaired) electrons. The molecule has 0 bridgehead atoms. The first kappa shape index (κ1) is 16.4. The zero-order chi connectivity index (χ0) is 18.3. The van der Waals surface area contributed by atoms with Crippen molar-refractivity contribution in [3.63, 3.8) is 0 Å². The molecule has 1 aliphatic heterocycles. The lowest BCUT2D eigenvalue weighted by molar-refractivity contribution is -0.122. The molecule has 2 aromatic carbocycles. The third-order valence-electron chi connectivity index (χ3n) is 4.46. The van der Waals surface area contributed by atoms with Crippen LogP contribution in [0, 0.1) is 17.6 Å². The summed E-state index contributed by atoms with van der Waals surface area (Å²) in [7, 11) is 0. The van der Waals surface area contributed by atoms with Crippen LogP contribution in [0.4, 0.5) is 14.5 Å². The molecule has 4 nitrogen and oxygen atoms in total. The number of nitrogens with zero attached hydrogens (tertiary/aromatic N) is 2. The number of carbonyl (C=O) groups excluding carboxylic acids is 1. The van der Waals surface area contributed by atoms with Gasteiger partial charge in [0.05, 0.1) is 17.8 Å². The van der Waals surface area contributed by atoms with Crippen LogP contribution in [-0.4, -0.2) is 16.8 Å². The molecule has 6 heteroatoms. The summed E-state index contributed by atoms with van der Waals surface area (Å²) >= 11 is 0. The van der Waals surface area contributed by atoms with Gasteiger partial charge in [-0.1, -0.05) is 18.7 Å². The third kappa shape index (κ3) is 3.22. The molecule has 1 amide bonds. The van der Waals surface area contributed by atoms with Crippen molar-refractivity contribution >= 4 is 23.1 Å². The number of hydrogen-bond donors (Lipinski definition) is 1. The molecule has 4 rings (SSSR count). The van der Waals surface area contributed by atoms with Crippen molar-refractivity contribution in [1.82, 2.24) is 10.4 Å². The molecule has 2 aliphatic rings. The van der Waals surface area contributed by atoms with E-state index in [1.165, 1.54) is 24.3 Å². The molecule has 26 heavy (non-hydrogen) atoms. The van der Waals surface area contributed by atoms with Crippen LogP contribution in [0.1, 0.15) is 24.0 Å². The van der Waals surface area contributed by atoms with Gasteiger partial charge in [-0.25, -0.2) is 18.8 Å². The van der Waals surface area contributed by atoms with E-state index in [-0.39, 0.29) is 29.9 Å². The summed E-state index contributed by atoms with van der Waals surface area (Å²) in [6.45, 7) is 4.06. The highest BCUT2D eigenvalue weighted by atomic mass is 19.1. The Kier molecular flexibility index (Phi) is 4.03. The van der Waals surface area contributed by atoms with Crippen molar-refractivity contribution in [2.24, 2.45) is 10.9 Å². The van der Waals surface area contributed by atoms with E-state index in [9.17, 15) is 13.6 Å². The minimum absolute atomic E-state index is 0.109. The fourth-order valence-electron chi connectivity index (χ4n) is 2.97. The van der Waals surface area contributed by atoms with Crippen molar-refractivity contribution < 1.29 is 13.6 Å². The van der Waals surface area contributed by atoms with Gasteiger partial charge in [0, 0.05) is 17.5 Å². The third-order valence-corrected chi connectivity index (χ3v) is 4.46. The van der Waals surface area contributed by atoms with Gasteiger partial charge in [-0.2, -0.15) is 0 Å². The Morgan fingerprint density at radius 1 is 1.15 bits per heavy atom. The first-order chi connectivity index (χ1) is 12.5. The number of carbonyl (C=O) groups is 1. The average molecular weight is 353 g/mol. The molecule has 1 fully saturated rings. The van der Waals surface area contributed by atoms with E-state index in [4.69, 9.17) is 0 Å². The molecule has 0 aromatic heterocycles. The predicted octanol–water partition coefficient (Wildman–Crippen LogP) is 3.97. The largest absolute Gasteiger partial charge is 0.273 e. The first-order valence-corrected chi connectivity index (χ1v) is 8.43. The quantitative estimate of drug-likeness (QED) is 0.904. The Labute approximate surface area is 149 Å². The summed E-state index contributed by atoms with van der Waals surface area (Å²) in [5, 5.41) is 1.60. The Balaban J connectivity index is 1.57. The lowest BCUT2D eigenvalue weighted by atomic mass is 10.1. The van der Waals surface area contributed by atoms with Gasteiger partial charge in [0.2, 0.25) is 5.91 Å². The highest BCUT2D eigenvalue weighted by molar-refractivity contribution is 6.01. The number of nitrogens with one attached hydrogen (secondary N) is 1. The van der Waals surface area contributed by atoms with Crippen LogP contribution in [0.3, 0.4) is 0 Å². The van der Waals surface area contributed by atoms with Gasteiger partial charge >= 0.3 is 0 Å². The summed E-state index contributed by atoms with van der Waals surface area (Å²) in [4.78, 5) is 17.0. The van der Waals surface area contributed by atoms with Crippen molar-refractivity contribution in [3.05, 3.63) is 71.8 Å². The predicted molar refractivity (Wildman–Crippen MR) is 95.3 cm³/mol. The number of hydrazine groups is 1. The number of amides is 1. The van der Waals surface area contributed by atoms with Crippen LogP contribution >= 0.6 is 0 Å². The Hall–Kier alpha value is -3.02. The normalized spacial score (nSPS) is 16.2. The summed E-state index contributed by atoms with van der Waals surface area (Å²) in [6.07, 6.45) is 2.06. The highest BCUT2D eigenvalue weighted by Gasteiger charge is 2.36. The number of rotatable bonds is 4.